The van der Waals surface area contributed by atoms with E-state index in [1.807, 2.05) is 31.3 Å². The van der Waals surface area contributed by atoms with Crippen molar-refractivity contribution in [3.8, 4) is 0 Å². The third-order valence-corrected chi connectivity index (χ3v) is 6.33. The average molecular weight is 491 g/mol. The molecule has 1 amide bonds. The van der Waals surface area contributed by atoms with E-state index in [0.717, 1.165) is 42.6 Å². The van der Waals surface area contributed by atoms with Crippen LogP contribution in [-0.4, -0.2) is 24.4 Å². The van der Waals surface area contributed by atoms with Gasteiger partial charge in [-0.15, -0.1) is 0 Å². The largest absolute Gasteiger partial charge is 0.416 e. The van der Waals surface area contributed by atoms with Crippen LogP contribution in [0.25, 0.3) is 0 Å². The fourth-order valence-electron chi connectivity index (χ4n) is 4.09. The number of amides is 1. The highest BCUT2D eigenvalue weighted by Crippen LogP contribution is 2.29. The quantitative estimate of drug-likeness (QED) is 0.242. The number of alkyl halides is 3. The molecule has 1 N–H and O–H groups in total. The van der Waals surface area contributed by atoms with Gasteiger partial charge in [0.05, 0.1) is 5.56 Å². The lowest BCUT2D eigenvalue weighted by Crippen LogP contribution is -2.27. The Morgan fingerprint density at radius 1 is 0.743 bits per heavy atom. The van der Waals surface area contributed by atoms with Crippen molar-refractivity contribution in [2.45, 2.75) is 90.4 Å². The van der Waals surface area contributed by atoms with E-state index in [1.165, 1.54) is 63.5 Å². The Hall–Kier alpha value is -2.34. The zero-order valence-corrected chi connectivity index (χ0v) is 21.3. The number of carbonyl (C=O) groups is 1. The van der Waals surface area contributed by atoms with Gasteiger partial charge in [-0.3, -0.25) is 4.79 Å². The molecule has 6 heteroatoms. The second kappa shape index (κ2) is 15.6. The van der Waals surface area contributed by atoms with Gasteiger partial charge in [-0.1, -0.05) is 89.0 Å². The normalized spacial score (nSPS) is 11.6. The highest BCUT2D eigenvalue weighted by Gasteiger charge is 2.29. The van der Waals surface area contributed by atoms with E-state index in [2.05, 4.69) is 12.2 Å². The number of rotatable bonds is 16. The number of hydrogen-bond donors (Lipinski definition) is 1. The van der Waals surface area contributed by atoms with Crippen LogP contribution in [0.4, 0.5) is 13.2 Å². The Morgan fingerprint density at radius 3 is 1.69 bits per heavy atom. The fraction of sp³-hybridized carbons (Fsp3) is 0.552. The van der Waals surface area contributed by atoms with Gasteiger partial charge in [0.1, 0.15) is 0 Å². The van der Waals surface area contributed by atoms with E-state index in [9.17, 15) is 18.0 Å². The Morgan fingerprint density at radius 2 is 1.20 bits per heavy atom. The molecule has 35 heavy (non-hydrogen) atoms. The minimum atomic E-state index is -4.31. The third kappa shape index (κ3) is 11.3. The van der Waals surface area contributed by atoms with Crippen molar-refractivity contribution in [2.24, 2.45) is 0 Å². The number of unbranched alkanes of at least 4 members (excludes halogenated alkanes) is 9. The molecule has 0 saturated heterocycles. The first-order chi connectivity index (χ1) is 16.8. The van der Waals surface area contributed by atoms with Gasteiger partial charge in [0.25, 0.3) is 5.91 Å². The maximum Gasteiger partial charge on any atom is 0.416 e. The number of hydrogen-bond acceptors (Lipinski definition) is 2. The van der Waals surface area contributed by atoms with Crippen LogP contribution in [0.2, 0.25) is 0 Å². The topological polar surface area (TPSA) is 32.3 Å². The van der Waals surface area contributed by atoms with Gasteiger partial charge < -0.3 is 10.2 Å². The molecule has 0 atom stereocenters. The Labute approximate surface area is 209 Å². The summed E-state index contributed by atoms with van der Waals surface area (Å²) >= 11 is 0. The summed E-state index contributed by atoms with van der Waals surface area (Å²) < 4.78 is 37.9. The van der Waals surface area contributed by atoms with Crippen LogP contribution in [0.3, 0.4) is 0 Å². The highest BCUT2D eigenvalue weighted by atomic mass is 19.4. The summed E-state index contributed by atoms with van der Waals surface area (Å²) in [6.45, 7) is 4.06. The molecular weight excluding hydrogens is 449 g/mol. The van der Waals surface area contributed by atoms with Gasteiger partial charge in [0, 0.05) is 32.2 Å². The molecule has 0 aliphatic rings. The molecule has 0 spiro atoms. The molecule has 3 nitrogen and oxygen atoms in total. The standard InChI is InChI=1S/C29H41F3N2O/c1-3-4-5-6-7-8-9-10-11-12-21-34(2)28(35)26-17-13-24(14-18-26)22-33-23-25-15-19-27(20-16-25)29(30,31)32/h13-20,33H,3-12,21-23H2,1-2H3. The van der Waals surface area contributed by atoms with Crippen LogP contribution in [0.5, 0.6) is 0 Å². The second-order valence-corrected chi connectivity index (χ2v) is 9.40. The highest BCUT2D eigenvalue weighted by molar-refractivity contribution is 5.94. The van der Waals surface area contributed by atoms with E-state index >= 15 is 0 Å². The molecule has 0 aromatic heterocycles. The summed E-state index contributed by atoms with van der Waals surface area (Å²) in [7, 11) is 1.86. The van der Waals surface area contributed by atoms with Crippen LogP contribution in [0.1, 0.15) is 98.2 Å². The zero-order chi connectivity index (χ0) is 25.5. The van der Waals surface area contributed by atoms with Crippen LogP contribution >= 0.6 is 0 Å². The molecular formula is C29H41F3N2O. The maximum atomic E-state index is 12.7. The third-order valence-electron chi connectivity index (χ3n) is 6.33. The molecule has 0 radical (unpaired) electrons. The lowest BCUT2D eigenvalue weighted by Gasteiger charge is -2.17. The first-order valence-electron chi connectivity index (χ1n) is 13.0. The summed E-state index contributed by atoms with van der Waals surface area (Å²) in [4.78, 5) is 14.5. The van der Waals surface area contributed by atoms with Crippen LogP contribution < -0.4 is 5.32 Å². The SMILES string of the molecule is CCCCCCCCCCCCN(C)C(=O)c1ccc(CNCc2ccc(C(F)(F)F)cc2)cc1. The molecule has 2 aromatic carbocycles. The predicted octanol–water partition coefficient (Wildman–Crippen LogP) is 7.99. The summed E-state index contributed by atoms with van der Waals surface area (Å²) in [6.07, 6.45) is 8.45. The summed E-state index contributed by atoms with van der Waals surface area (Å²) in [6, 6.07) is 12.7. The van der Waals surface area contributed by atoms with E-state index in [1.54, 1.807) is 4.90 Å². The molecule has 2 rings (SSSR count). The van der Waals surface area contributed by atoms with E-state index in [-0.39, 0.29) is 5.91 Å². The Bertz CT molecular complexity index is 848. The van der Waals surface area contributed by atoms with Gasteiger partial charge in [0.2, 0.25) is 0 Å². The van der Waals surface area contributed by atoms with Gasteiger partial charge in [-0.05, 0) is 41.8 Å². The number of carbonyl (C=O) groups excluding carboxylic acids is 1. The number of nitrogens with one attached hydrogen (secondary N) is 1. The van der Waals surface area contributed by atoms with E-state index in [4.69, 9.17) is 0 Å². The number of halogens is 3. The van der Waals surface area contributed by atoms with Crippen LogP contribution in [0, 0.1) is 0 Å². The van der Waals surface area contributed by atoms with Crippen molar-refractivity contribution < 1.29 is 18.0 Å². The van der Waals surface area contributed by atoms with Crippen molar-refractivity contribution >= 4 is 5.91 Å². The minimum absolute atomic E-state index is 0.0326. The zero-order valence-electron chi connectivity index (χ0n) is 21.3. The first-order valence-corrected chi connectivity index (χ1v) is 13.0. The molecule has 0 heterocycles. The molecule has 0 bridgehead atoms. The van der Waals surface area contributed by atoms with Crippen LogP contribution in [-0.2, 0) is 19.3 Å². The van der Waals surface area contributed by atoms with Gasteiger partial charge in [0.15, 0.2) is 0 Å². The number of nitrogens with zero attached hydrogens (tertiary/aromatic N) is 1. The fourth-order valence-corrected chi connectivity index (χ4v) is 4.09. The van der Waals surface area contributed by atoms with Gasteiger partial charge >= 0.3 is 6.18 Å². The average Bonchev–Trinajstić information content (AvgIpc) is 2.85. The molecule has 194 valence electrons. The lowest BCUT2D eigenvalue weighted by atomic mass is 10.1. The first kappa shape index (κ1) is 28.9. The van der Waals surface area contributed by atoms with Gasteiger partial charge in [-0.2, -0.15) is 13.2 Å². The Kier molecular flexibility index (Phi) is 12.9. The molecule has 0 aliphatic heterocycles. The second-order valence-electron chi connectivity index (χ2n) is 9.40. The molecule has 0 saturated carbocycles. The Balaban J connectivity index is 1.62. The molecule has 0 fully saturated rings. The van der Waals surface area contributed by atoms with Crippen molar-refractivity contribution in [3.63, 3.8) is 0 Å². The van der Waals surface area contributed by atoms with Crippen molar-refractivity contribution in [1.82, 2.24) is 10.2 Å². The summed E-state index contributed by atoms with van der Waals surface area (Å²) in [5.74, 6) is 0.0326. The minimum Gasteiger partial charge on any atom is -0.342 e. The summed E-state index contributed by atoms with van der Waals surface area (Å²) in [5.41, 5.74) is 1.84. The predicted molar refractivity (Wildman–Crippen MR) is 137 cm³/mol. The van der Waals surface area contributed by atoms with Crippen LogP contribution in [0.15, 0.2) is 48.5 Å². The number of benzene rings is 2. The van der Waals surface area contributed by atoms with Crippen molar-refractivity contribution in [3.05, 3.63) is 70.8 Å². The molecule has 2 aromatic rings. The summed E-state index contributed by atoms with van der Waals surface area (Å²) in [5, 5.41) is 3.23. The maximum absolute atomic E-state index is 12.7. The van der Waals surface area contributed by atoms with Crippen molar-refractivity contribution in [2.75, 3.05) is 13.6 Å². The molecule has 0 aliphatic carbocycles. The monoisotopic (exact) mass is 490 g/mol. The van der Waals surface area contributed by atoms with E-state index in [0.29, 0.717) is 18.7 Å². The van der Waals surface area contributed by atoms with Crippen molar-refractivity contribution in [1.29, 1.82) is 0 Å². The smallest absolute Gasteiger partial charge is 0.342 e. The molecule has 0 unspecified atom stereocenters. The van der Waals surface area contributed by atoms with E-state index < -0.39 is 11.7 Å². The lowest BCUT2D eigenvalue weighted by molar-refractivity contribution is -0.137. The van der Waals surface area contributed by atoms with Gasteiger partial charge in [-0.25, -0.2) is 0 Å².